The van der Waals surface area contributed by atoms with Crippen molar-refractivity contribution in [3.05, 3.63) is 22.7 Å². The first-order valence-corrected chi connectivity index (χ1v) is 8.65. The molecule has 6 nitrogen and oxygen atoms in total. The summed E-state index contributed by atoms with van der Waals surface area (Å²) in [6.07, 6.45) is 0. The van der Waals surface area contributed by atoms with Gasteiger partial charge in [0.05, 0.1) is 5.75 Å². The van der Waals surface area contributed by atoms with Crippen LogP contribution in [0.5, 0.6) is 0 Å². The Morgan fingerprint density at radius 1 is 1.40 bits per heavy atom. The van der Waals surface area contributed by atoms with E-state index in [4.69, 9.17) is 4.52 Å². The van der Waals surface area contributed by atoms with Crippen LogP contribution in [0.15, 0.2) is 25.7 Å². The predicted octanol–water partition coefficient (Wildman–Crippen LogP) is 3.37. The van der Waals surface area contributed by atoms with Gasteiger partial charge in [-0.3, -0.25) is 0 Å². The largest absolute Gasteiger partial charge is 0.360 e. The number of rotatable bonds is 6. The average Bonchev–Trinajstić information content (AvgIpc) is 3.18. The first-order chi connectivity index (χ1) is 9.85. The molecule has 0 aliphatic carbocycles. The van der Waals surface area contributed by atoms with Gasteiger partial charge < -0.3 is 9.84 Å². The molecule has 0 saturated heterocycles. The molecular weight excluding hydrogens is 314 g/mol. The maximum atomic E-state index is 5.23. The van der Waals surface area contributed by atoms with Crippen molar-refractivity contribution in [3.63, 3.8) is 0 Å². The molecule has 3 rings (SSSR count). The van der Waals surface area contributed by atoms with Crippen LogP contribution in [0.2, 0.25) is 0 Å². The molecule has 0 atom stereocenters. The first kappa shape index (κ1) is 13.5. The Balaban J connectivity index is 1.60. The number of aromatic nitrogens is 4. The minimum Gasteiger partial charge on any atom is -0.360 e. The van der Waals surface area contributed by atoms with E-state index in [9.17, 15) is 0 Å². The fourth-order valence-corrected chi connectivity index (χ4v) is 3.73. The van der Waals surface area contributed by atoms with E-state index in [0.29, 0.717) is 17.5 Å². The van der Waals surface area contributed by atoms with Gasteiger partial charge in [0.25, 0.3) is 0 Å². The van der Waals surface area contributed by atoms with Gasteiger partial charge in [-0.25, -0.2) is 0 Å². The summed E-state index contributed by atoms with van der Waals surface area (Å²) in [5.41, 5.74) is 0.986. The van der Waals surface area contributed by atoms with E-state index < -0.39 is 0 Å². The Morgan fingerprint density at radius 2 is 2.35 bits per heavy atom. The Bertz CT molecular complexity index is 663. The molecule has 0 aromatic carbocycles. The van der Waals surface area contributed by atoms with Gasteiger partial charge in [0, 0.05) is 17.5 Å². The third kappa shape index (κ3) is 3.17. The minimum atomic E-state index is 0.594. The topological polar surface area (TPSA) is 76.7 Å². The molecule has 20 heavy (non-hydrogen) atoms. The molecule has 3 heterocycles. The highest BCUT2D eigenvalue weighted by Gasteiger charge is 2.11. The van der Waals surface area contributed by atoms with Crippen LogP contribution in [0.25, 0.3) is 11.4 Å². The molecule has 3 aromatic rings. The summed E-state index contributed by atoms with van der Waals surface area (Å²) in [6.45, 7) is 2.87. The molecule has 0 bridgehead atoms. The lowest BCUT2D eigenvalue weighted by Gasteiger charge is -1.92. The summed E-state index contributed by atoms with van der Waals surface area (Å²) in [5.74, 6) is 1.82. The highest BCUT2D eigenvalue weighted by atomic mass is 32.2. The zero-order chi connectivity index (χ0) is 13.8. The molecule has 0 unspecified atom stereocenters. The maximum Gasteiger partial charge on any atom is 0.237 e. The Labute approximate surface area is 127 Å². The van der Waals surface area contributed by atoms with Crippen molar-refractivity contribution >= 4 is 39.6 Å². The van der Waals surface area contributed by atoms with Gasteiger partial charge in [-0.15, -0.1) is 10.2 Å². The normalized spacial score (nSPS) is 10.8. The van der Waals surface area contributed by atoms with Gasteiger partial charge >= 0.3 is 0 Å². The van der Waals surface area contributed by atoms with Gasteiger partial charge in [0.1, 0.15) is 0 Å². The Morgan fingerprint density at radius 3 is 3.15 bits per heavy atom. The van der Waals surface area contributed by atoms with Gasteiger partial charge in [-0.1, -0.05) is 28.3 Å². The first-order valence-electron chi connectivity index (χ1n) is 5.90. The lowest BCUT2D eigenvalue weighted by Crippen LogP contribution is -1.94. The number of thioether (sulfide) groups is 1. The standard InChI is InChI=1S/C11H11N5OS3/c1-2-12-10-14-15-11(20-10)19-6-8-13-9(16-17-8)7-3-4-18-5-7/h3-5H,2,6H2,1H3,(H,12,14). The van der Waals surface area contributed by atoms with Crippen LogP contribution in [0.3, 0.4) is 0 Å². The highest BCUT2D eigenvalue weighted by molar-refractivity contribution is 8.00. The van der Waals surface area contributed by atoms with Crippen LogP contribution in [-0.4, -0.2) is 26.9 Å². The van der Waals surface area contributed by atoms with E-state index >= 15 is 0 Å². The summed E-state index contributed by atoms with van der Waals surface area (Å²) in [7, 11) is 0. The molecule has 3 aromatic heterocycles. The van der Waals surface area contributed by atoms with E-state index in [1.54, 1.807) is 23.1 Å². The van der Waals surface area contributed by atoms with E-state index in [-0.39, 0.29) is 0 Å². The second kappa shape index (κ2) is 6.33. The van der Waals surface area contributed by atoms with Crippen LogP contribution in [-0.2, 0) is 5.75 Å². The van der Waals surface area contributed by atoms with E-state index in [0.717, 1.165) is 21.6 Å². The van der Waals surface area contributed by atoms with E-state index in [2.05, 4.69) is 25.7 Å². The summed E-state index contributed by atoms with van der Waals surface area (Å²) >= 11 is 4.68. The smallest absolute Gasteiger partial charge is 0.237 e. The molecule has 0 saturated carbocycles. The van der Waals surface area contributed by atoms with Crippen LogP contribution < -0.4 is 5.32 Å². The van der Waals surface area contributed by atoms with Gasteiger partial charge in [0.15, 0.2) is 4.34 Å². The van der Waals surface area contributed by atoms with Crippen molar-refractivity contribution in [2.45, 2.75) is 17.0 Å². The molecule has 0 fully saturated rings. The number of thiophene rings is 1. The van der Waals surface area contributed by atoms with Crippen molar-refractivity contribution in [3.8, 4) is 11.4 Å². The van der Waals surface area contributed by atoms with E-state index in [1.807, 2.05) is 23.8 Å². The molecule has 104 valence electrons. The summed E-state index contributed by atoms with van der Waals surface area (Å²) in [6, 6.07) is 1.97. The minimum absolute atomic E-state index is 0.594. The van der Waals surface area contributed by atoms with Crippen LogP contribution >= 0.6 is 34.4 Å². The highest BCUT2D eigenvalue weighted by Crippen LogP contribution is 2.28. The molecule has 0 aliphatic heterocycles. The van der Waals surface area contributed by atoms with Crippen molar-refractivity contribution < 1.29 is 4.52 Å². The fourth-order valence-electron chi connectivity index (χ4n) is 1.44. The SMILES string of the molecule is CCNc1nnc(SCc2nc(-c3ccsc3)no2)s1. The van der Waals surface area contributed by atoms with E-state index in [1.165, 1.54) is 11.3 Å². The predicted molar refractivity (Wildman–Crippen MR) is 81.2 cm³/mol. The zero-order valence-electron chi connectivity index (χ0n) is 10.6. The second-order valence-electron chi connectivity index (χ2n) is 3.72. The Hall–Kier alpha value is -1.45. The van der Waals surface area contributed by atoms with Gasteiger partial charge in [-0.2, -0.15) is 16.3 Å². The molecular formula is C11H11N5OS3. The quantitative estimate of drug-likeness (QED) is 0.696. The number of nitrogens with one attached hydrogen (secondary N) is 1. The maximum absolute atomic E-state index is 5.23. The number of hydrogen-bond acceptors (Lipinski definition) is 9. The molecule has 1 N–H and O–H groups in total. The number of anilines is 1. The van der Waals surface area contributed by atoms with Gasteiger partial charge in [-0.05, 0) is 18.4 Å². The van der Waals surface area contributed by atoms with Crippen molar-refractivity contribution in [1.29, 1.82) is 0 Å². The molecule has 9 heteroatoms. The van der Waals surface area contributed by atoms with Crippen molar-refractivity contribution in [2.24, 2.45) is 0 Å². The van der Waals surface area contributed by atoms with Crippen LogP contribution in [0.4, 0.5) is 5.13 Å². The monoisotopic (exact) mass is 325 g/mol. The van der Waals surface area contributed by atoms with Gasteiger partial charge in [0.2, 0.25) is 16.8 Å². The molecule has 0 aliphatic rings. The third-order valence-electron chi connectivity index (χ3n) is 2.30. The summed E-state index contributed by atoms with van der Waals surface area (Å²) in [4.78, 5) is 4.36. The Kier molecular flexibility index (Phi) is 4.28. The van der Waals surface area contributed by atoms with Crippen molar-refractivity contribution in [1.82, 2.24) is 20.3 Å². The third-order valence-corrected chi connectivity index (χ3v) is 4.98. The second-order valence-corrected chi connectivity index (χ2v) is 6.70. The summed E-state index contributed by atoms with van der Waals surface area (Å²) in [5, 5.41) is 20.0. The van der Waals surface area contributed by atoms with Crippen LogP contribution in [0.1, 0.15) is 12.8 Å². The number of hydrogen-bond donors (Lipinski definition) is 1. The zero-order valence-corrected chi connectivity index (χ0v) is 13.0. The molecule has 0 spiro atoms. The van der Waals surface area contributed by atoms with Crippen molar-refractivity contribution in [2.75, 3.05) is 11.9 Å². The fraction of sp³-hybridized carbons (Fsp3) is 0.273. The van der Waals surface area contributed by atoms with Crippen LogP contribution in [0, 0.1) is 0 Å². The lowest BCUT2D eigenvalue weighted by atomic mass is 10.3. The average molecular weight is 325 g/mol. The number of nitrogens with zero attached hydrogens (tertiary/aromatic N) is 4. The molecule has 0 radical (unpaired) electrons. The summed E-state index contributed by atoms with van der Waals surface area (Å²) < 4.78 is 6.11. The lowest BCUT2D eigenvalue weighted by molar-refractivity contribution is 0.391. The molecule has 0 amide bonds.